The Kier molecular flexibility index (Phi) is 11.4. The standard InChI is InChI=1S/C9H13N2O6P.2Na.2H/c1-5(18(16)17)11-3-2-10-7(11)4-6(8(12)13)9(14)15;;;;/h5-6H,2-4H2,1H3,(H,12,13)(H,14,15);;;;. The predicted molar refractivity (Wildman–Crippen MR) is 74.4 cm³/mol. The fourth-order valence-electron chi connectivity index (χ4n) is 1.67. The monoisotopic (exact) mass is 324 g/mol. The molecule has 1 aliphatic heterocycles. The Morgan fingerprint density at radius 1 is 1.30 bits per heavy atom. The Balaban J connectivity index is 0. The van der Waals surface area contributed by atoms with Crippen molar-refractivity contribution in [1.82, 2.24) is 4.90 Å². The summed E-state index contributed by atoms with van der Waals surface area (Å²) < 4.78 is 21.8. The van der Waals surface area contributed by atoms with Crippen molar-refractivity contribution in [1.29, 1.82) is 0 Å². The van der Waals surface area contributed by atoms with Crippen molar-refractivity contribution in [2.45, 2.75) is 19.1 Å². The molecule has 1 heterocycles. The molecule has 1 aliphatic rings. The first-order chi connectivity index (χ1) is 8.34. The van der Waals surface area contributed by atoms with E-state index < -0.39 is 31.3 Å². The molecule has 104 valence electrons. The summed E-state index contributed by atoms with van der Waals surface area (Å²) in [4.78, 5) is 26.9. The van der Waals surface area contributed by atoms with Crippen LogP contribution in [0, 0.1) is 5.92 Å². The molecular formula is C9H15N2Na2O6P. The fourth-order valence-corrected chi connectivity index (χ4v) is 2.14. The van der Waals surface area contributed by atoms with E-state index in [0.29, 0.717) is 13.1 Å². The molecule has 0 radical (unpaired) electrons. The van der Waals surface area contributed by atoms with Gasteiger partial charge in [-0.15, -0.1) is 0 Å². The molecule has 11 heteroatoms. The summed E-state index contributed by atoms with van der Waals surface area (Å²) in [7, 11) is -2.70. The zero-order valence-corrected chi connectivity index (χ0v) is 10.5. The van der Waals surface area contributed by atoms with Gasteiger partial charge >= 0.3 is 78.7 Å². The van der Waals surface area contributed by atoms with Crippen LogP contribution >= 0.6 is 7.68 Å². The van der Waals surface area contributed by atoms with Crippen molar-refractivity contribution in [3.63, 3.8) is 0 Å². The number of nitrogens with zero attached hydrogens (tertiary/aromatic N) is 2. The van der Waals surface area contributed by atoms with Crippen molar-refractivity contribution < 1.29 is 28.9 Å². The minimum absolute atomic E-state index is 0. The second-order valence-corrected chi connectivity index (χ2v) is 5.16. The molecule has 1 atom stereocenters. The van der Waals surface area contributed by atoms with Crippen molar-refractivity contribution in [2.75, 3.05) is 13.1 Å². The van der Waals surface area contributed by atoms with Gasteiger partial charge in [-0.1, -0.05) is 0 Å². The Morgan fingerprint density at radius 3 is 2.20 bits per heavy atom. The van der Waals surface area contributed by atoms with Gasteiger partial charge in [-0.2, -0.15) is 0 Å². The van der Waals surface area contributed by atoms with Crippen LogP contribution in [-0.2, 0) is 18.7 Å². The Bertz CT molecular complexity index is 445. The molecule has 0 amide bonds. The van der Waals surface area contributed by atoms with Crippen LogP contribution < -0.4 is 0 Å². The zero-order chi connectivity index (χ0) is 13.9. The quantitative estimate of drug-likeness (QED) is 0.368. The first-order valence-electron chi connectivity index (χ1n) is 5.23. The first-order valence-corrected chi connectivity index (χ1v) is 6.48. The molecule has 0 fully saturated rings. The van der Waals surface area contributed by atoms with Gasteiger partial charge in [0.05, 0.1) is 6.54 Å². The topological polar surface area (TPSA) is 124 Å². The predicted octanol–water partition coefficient (Wildman–Crippen LogP) is -0.902. The molecule has 2 N–H and O–H groups in total. The van der Waals surface area contributed by atoms with Gasteiger partial charge in [-0.05, 0) is 6.92 Å². The minimum atomic E-state index is -2.70. The van der Waals surface area contributed by atoms with Gasteiger partial charge in [0.25, 0.3) is 0 Å². The summed E-state index contributed by atoms with van der Waals surface area (Å²) in [6, 6.07) is 0. The van der Waals surface area contributed by atoms with Gasteiger partial charge in [0.1, 0.15) is 11.6 Å². The van der Waals surface area contributed by atoms with E-state index in [1.165, 1.54) is 11.8 Å². The van der Waals surface area contributed by atoms with Crippen LogP contribution in [0.1, 0.15) is 13.3 Å². The van der Waals surface area contributed by atoms with Crippen LogP contribution in [0.25, 0.3) is 0 Å². The van der Waals surface area contributed by atoms with Gasteiger partial charge < -0.3 is 15.1 Å². The number of amidine groups is 1. The Labute approximate surface area is 160 Å². The maximum absolute atomic E-state index is 10.9. The molecule has 0 aromatic carbocycles. The van der Waals surface area contributed by atoms with Crippen LogP contribution in [0.15, 0.2) is 4.99 Å². The van der Waals surface area contributed by atoms with Crippen LogP contribution in [0.3, 0.4) is 0 Å². The third-order valence-corrected chi connectivity index (χ3v) is 3.59. The number of rotatable bonds is 6. The Morgan fingerprint density at radius 2 is 1.80 bits per heavy atom. The molecule has 0 bridgehead atoms. The number of aliphatic carboxylic acids is 2. The van der Waals surface area contributed by atoms with E-state index in [9.17, 15) is 18.7 Å². The summed E-state index contributed by atoms with van der Waals surface area (Å²) in [6.07, 6.45) is -0.307. The number of hydrogen-bond acceptors (Lipinski definition) is 6. The molecule has 20 heavy (non-hydrogen) atoms. The molecule has 1 rings (SSSR count). The zero-order valence-electron chi connectivity index (χ0n) is 9.65. The van der Waals surface area contributed by atoms with Gasteiger partial charge in [0, 0.05) is 13.0 Å². The van der Waals surface area contributed by atoms with E-state index >= 15 is 0 Å². The molecule has 0 saturated heterocycles. The molecule has 8 nitrogen and oxygen atoms in total. The molecule has 0 aromatic rings. The summed E-state index contributed by atoms with van der Waals surface area (Å²) in [6.45, 7) is 2.14. The van der Waals surface area contributed by atoms with Crippen LogP contribution in [-0.4, -0.2) is 111 Å². The summed E-state index contributed by atoms with van der Waals surface area (Å²) in [5.74, 6) is -5.13. The second kappa shape index (κ2) is 10.1. The normalized spacial score (nSPS) is 14.9. The van der Waals surface area contributed by atoms with Gasteiger partial charge in [-0.3, -0.25) is 14.6 Å². The molecule has 1 unspecified atom stereocenters. The van der Waals surface area contributed by atoms with E-state index in [0.717, 1.165) is 0 Å². The average molecular weight is 324 g/mol. The first kappa shape index (κ1) is 22.6. The number of carboxylic acid groups (broad SMARTS) is 2. The molecular weight excluding hydrogens is 309 g/mol. The summed E-state index contributed by atoms with van der Waals surface area (Å²) >= 11 is 0. The van der Waals surface area contributed by atoms with Gasteiger partial charge in [-0.25, -0.2) is 9.13 Å². The van der Waals surface area contributed by atoms with E-state index in [4.69, 9.17) is 10.2 Å². The number of aliphatic imine (C=N–C) groups is 1. The summed E-state index contributed by atoms with van der Waals surface area (Å²) in [5, 5.41) is 17.5. The SMILES string of the molecule is CC(N1CCN=C1CC(C(=O)O)C(=O)O)P(=O)=O.[NaH].[NaH]. The Hall–Kier alpha value is 0.310. The molecule has 0 aliphatic carbocycles. The molecule has 0 spiro atoms. The summed E-state index contributed by atoms with van der Waals surface area (Å²) in [5.41, 5.74) is 0. The van der Waals surface area contributed by atoms with Crippen molar-refractivity contribution in [2.24, 2.45) is 10.9 Å². The second-order valence-electron chi connectivity index (χ2n) is 3.84. The fraction of sp³-hybridized carbons (Fsp3) is 0.667. The van der Waals surface area contributed by atoms with Crippen molar-refractivity contribution in [3.8, 4) is 0 Å². The van der Waals surface area contributed by atoms with E-state index in [2.05, 4.69) is 4.99 Å². The van der Waals surface area contributed by atoms with Gasteiger partial charge in [0.15, 0.2) is 5.92 Å². The van der Waals surface area contributed by atoms with E-state index in [-0.39, 0.29) is 71.4 Å². The molecule has 0 saturated carbocycles. The van der Waals surface area contributed by atoms with Crippen LogP contribution in [0.4, 0.5) is 0 Å². The van der Waals surface area contributed by atoms with Crippen molar-refractivity contribution >= 4 is 84.6 Å². The van der Waals surface area contributed by atoms with Crippen LogP contribution in [0.2, 0.25) is 0 Å². The maximum atomic E-state index is 10.9. The number of carbonyl (C=O) groups is 2. The van der Waals surface area contributed by atoms with Gasteiger partial charge in [0.2, 0.25) is 0 Å². The average Bonchev–Trinajstić information content (AvgIpc) is 2.71. The van der Waals surface area contributed by atoms with Crippen LogP contribution in [0.5, 0.6) is 0 Å². The van der Waals surface area contributed by atoms with Crippen molar-refractivity contribution in [3.05, 3.63) is 0 Å². The number of carboxylic acids is 2. The third-order valence-electron chi connectivity index (χ3n) is 2.71. The third kappa shape index (κ3) is 5.97. The van der Waals surface area contributed by atoms with E-state index in [1.54, 1.807) is 0 Å². The molecule has 0 aromatic heterocycles. The van der Waals surface area contributed by atoms with E-state index in [1.807, 2.05) is 0 Å². The number of hydrogen-bond donors (Lipinski definition) is 2.